The summed E-state index contributed by atoms with van der Waals surface area (Å²) in [7, 11) is 4.55. The lowest BCUT2D eigenvalue weighted by atomic mass is 10.0. The number of rotatable bonds is 9. The third-order valence-electron chi connectivity index (χ3n) is 4.36. The molecule has 1 N–H and O–H groups in total. The summed E-state index contributed by atoms with van der Waals surface area (Å²) in [6.07, 6.45) is 0. The van der Waals surface area contributed by atoms with Gasteiger partial charge in [0.25, 0.3) is 5.91 Å². The van der Waals surface area contributed by atoms with Crippen LogP contribution in [0.4, 0.5) is 0 Å². The third kappa shape index (κ3) is 5.09. The fraction of sp³-hybridized carbons (Fsp3) is 0.409. The topological polar surface area (TPSA) is 66.0 Å². The highest BCUT2D eigenvalue weighted by atomic mass is 16.5. The molecule has 0 aliphatic rings. The summed E-state index contributed by atoms with van der Waals surface area (Å²) in [5.41, 5.74) is 2.72. The Hall–Kier alpha value is -2.89. The Labute approximate surface area is 166 Å². The minimum atomic E-state index is -0.240. The summed E-state index contributed by atoms with van der Waals surface area (Å²) in [6, 6.07) is 9.43. The molecule has 0 aliphatic carbocycles. The second-order valence-corrected chi connectivity index (χ2v) is 6.71. The van der Waals surface area contributed by atoms with Crippen molar-refractivity contribution in [3.05, 3.63) is 47.0 Å². The molecule has 0 saturated carbocycles. The summed E-state index contributed by atoms with van der Waals surface area (Å²) >= 11 is 0. The molecule has 0 radical (unpaired) electrons. The standard InChI is InChI=1S/C22H29NO5/c1-14(2)17-8-7-15(3)11-18(17)28-10-9-23-22(24)16-12-19(25-4)21(27-6)20(13-16)26-5/h7-8,11-14H,9-10H2,1-6H3,(H,23,24). The van der Waals surface area contributed by atoms with E-state index in [1.807, 2.05) is 13.0 Å². The molecular formula is C22H29NO5. The van der Waals surface area contributed by atoms with Gasteiger partial charge in [0.05, 0.1) is 27.9 Å². The van der Waals surface area contributed by atoms with Gasteiger partial charge in [0.15, 0.2) is 11.5 Å². The Morgan fingerprint density at radius 1 is 0.964 bits per heavy atom. The van der Waals surface area contributed by atoms with E-state index in [1.165, 1.54) is 21.3 Å². The lowest BCUT2D eigenvalue weighted by Crippen LogP contribution is -2.28. The van der Waals surface area contributed by atoms with Crippen LogP contribution in [0.3, 0.4) is 0 Å². The predicted octanol–water partition coefficient (Wildman–Crippen LogP) is 3.95. The average Bonchev–Trinajstić information content (AvgIpc) is 2.69. The largest absolute Gasteiger partial charge is 0.493 e. The van der Waals surface area contributed by atoms with Gasteiger partial charge in [0.1, 0.15) is 12.4 Å². The van der Waals surface area contributed by atoms with Crippen molar-refractivity contribution in [3.63, 3.8) is 0 Å². The fourth-order valence-corrected chi connectivity index (χ4v) is 2.88. The minimum absolute atomic E-state index is 0.240. The highest BCUT2D eigenvalue weighted by molar-refractivity contribution is 5.95. The molecule has 6 heteroatoms. The predicted molar refractivity (Wildman–Crippen MR) is 109 cm³/mol. The van der Waals surface area contributed by atoms with Crippen LogP contribution >= 0.6 is 0 Å². The van der Waals surface area contributed by atoms with Crippen molar-refractivity contribution in [3.8, 4) is 23.0 Å². The van der Waals surface area contributed by atoms with Gasteiger partial charge in [0.2, 0.25) is 5.75 Å². The number of ether oxygens (including phenoxy) is 4. The fourth-order valence-electron chi connectivity index (χ4n) is 2.88. The molecule has 2 aromatic rings. The van der Waals surface area contributed by atoms with Crippen molar-refractivity contribution < 1.29 is 23.7 Å². The van der Waals surface area contributed by atoms with Crippen LogP contribution in [-0.2, 0) is 0 Å². The summed E-state index contributed by atoms with van der Waals surface area (Å²) in [6.45, 7) is 7.04. The normalized spacial score (nSPS) is 10.5. The van der Waals surface area contributed by atoms with E-state index in [-0.39, 0.29) is 5.91 Å². The second kappa shape index (κ2) is 9.88. The van der Waals surface area contributed by atoms with Gasteiger partial charge < -0.3 is 24.3 Å². The molecule has 6 nitrogen and oxygen atoms in total. The lowest BCUT2D eigenvalue weighted by Gasteiger charge is -2.16. The summed E-state index contributed by atoms with van der Waals surface area (Å²) in [5.74, 6) is 2.30. The highest BCUT2D eigenvalue weighted by Crippen LogP contribution is 2.38. The number of benzene rings is 2. The maximum atomic E-state index is 12.5. The third-order valence-corrected chi connectivity index (χ3v) is 4.36. The number of hydrogen-bond donors (Lipinski definition) is 1. The Bertz CT molecular complexity index is 792. The Balaban J connectivity index is 2.01. The SMILES string of the molecule is COc1cc(C(=O)NCCOc2cc(C)ccc2C(C)C)cc(OC)c1OC. The number of carbonyl (C=O) groups excluding carboxylic acids is 1. The van der Waals surface area contributed by atoms with Gasteiger partial charge in [0, 0.05) is 5.56 Å². The molecule has 152 valence electrons. The van der Waals surface area contributed by atoms with E-state index in [0.29, 0.717) is 41.9 Å². The Morgan fingerprint density at radius 3 is 2.14 bits per heavy atom. The summed E-state index contributed by atoms with van der Waals surface area (Å²) in [4.78, 5) is 12.5. The second-order valence-electron chi connectivity index (χ2n) is 6.71. The van der Waals surface area contributed by atoms with Gasteiger partial charge in [-0.05, 0) is 42.2 Å². The number of methoxy groups -OCH3 is 3. The quantitative estimate of drug-likeness (QED) is 0.660. The van der Waals surface area contributed by atoms with Crippen LogP contribution in [0.1, 0.15) is 41.3 Å². The van der Waals surface area contributed by atoms with Crippen molar-refractivity contribution >= 4 is 5.91 Å². The first kappa shape index (κ1) is 21.4. The summed E-state index contributed by atoms with van der Waals surface area (Å²) in [5, 5.41) is 2.86. The van der Waals surface area contributed by atoms with Crippen LogP contribution in [0.2, 0.25) is 0 Å². The van der Waals surface area contributed by atoms with Crippen LogP contribution in [0, 0.1) is 6.92 Å². The number of carbonyl (C=O) groups is 1. The molecule has 2 rings (SSSR count). The van der Waals surface area contributed by atoms with Gasteiger partial charge in [-0.3, -0.25) is 4.79 Å². The van der Waals surface area contributed by atoms with E-state index in [2.05, 4.69) is 31.3 Å². The highest BCUT2D eigenvalue weighted by Gasteiger charge is 2.17. The average molecular weight is 387 g/mol. The van der Waals surface area contributed by atoms with E-state index in [1.54, 1.807) is 12.1 Å². The van der Waals surface area contributed by atoms with E-state index >= 15 is 0 Å². The van der Waals surface area contributed by atoms with Gasteiger partial charge in [-0.25, -0.2) is 0 Å². The molecule has 0 heterocycles. The number of nitrogens with one attached hydrogen (secondary N) is 1. The zero-order valence-corrected chi connectivity index (χ0v) is 17.4. The summed E-state index contributed by atoms with van der Waals surface area (Å²) < 4.78 is 21.8. The first-order chi connectivity index (χ1) is 13.4. The van der Waals surface area contributed by atoms with Gasteiger partial charge in [-0.15, -0.1) is 0 Å². The van der Waals surface area contributed by atoms with Crippen molar-refractivity contribution in [2.24, 2.45) is 0 Å². The molecule has 1 amide bonds. The Kier molecular flexibility index (Phi) is 7.55. The molecular weight excluding hydrogens is 358 g/mol. The molecule has 2 aromatic carbocycles. The molecule has 28 heavy (non-hydrogen) atoms. The van der Waals surface area contributed by atoms with Crippen LogP contribution in [-0.4, -0.2) is 40.4 Å². The van der Waals surface area contributed by atoms with Crippen molar-refractivity contribution in [1.29, 1.82) is 0 Å². The molecule has 0 unspecified atom stereocenters. The van der Waals surface area contributed by atoms with Gasteiger partial charge >= 0.3 is 0 Å². The van der Waals surface area contributed by atoms with Gasteiger partial charge in [-0.1, -0.05) is 26.0 Å². The molecule has 0 aromatic heterocycles. The number of hydrogen-bond acceptors (Lipinski definition) is 5. The molecule has 0 aliphatic heterocycles. The van der Waals surface area contributed by atoms with Crippen molar-refractivity contribution in [1.82, 2.24) is 5.32 Å². The lowest BCUT2D eigenvalue weighted by molar-refractivity contribution is 0.0946. The maximum Gasteiger partial charge on any atom is 0.251 e. The van der Waals surface area contributed by atoms with Crippen molar-refractivity contribution in [2.75, 3.05) is 34.5 Å². The first-order valence-corrected chi connectivity index (χ1v) is 9.22. The molecule has 0 bridgehead atoms. The van der Waals surface area contributed by atoms with Crippen LogP contribution in [0.5, 0.6) is 23.0 Å². The monoisotopic (exact) mass is 387 g/mol. The molecule has 0 fully saturated rings. The van der Waals surface area contributed by atoms with Gasteiger partial charge in [-0.2, -0.15) is 0 Å². The maximum absolute atomic E-state index is 12.5. The number of amides is 1. The zero-order valence-electron chi connectivity index (χ0n) is 17.4. The van der Waals surface area contributed by atoms with E-state index < -0.39 is 0 Å². The molecule has 0 spiro atoms. The van der Waals surface area contributed by atoms with Crippen molar-refractivity contribution in [2.45, 2.75) is 26.7 Å². The zero-order chi connectivity index (χ0) is 20.7. The van der Waals surface area contributed by atoms with E-state index in [0.717, 1.165) is 16.9 Å². The Morgan fingerprint density at radius 2 is 1.61 bits per heavy atom. The van der Waals surface area contributed by atoms with Crippen LogP contribution in [0.25, 0.3) is 0 Å². The van der Waals surface area contributed by atoms with Crippen LogP contribution in [0.15, 0.2) is 30.3 Å². The smallest absolute Gasteiger partial charge is 0.251 e. The van der Waals surface area contributed by atoms with E-state index in [4.69, 9.17) is 18.9 Å². The molecule has 0 atom stereocenters. The van der Waals surface area contributed by atoms with Crippen LogP contribution < -0.4 is 24.3 Å². The number of aryl methyl sites for hydroxylation is 1. The minimum Gasteiger partial charge on any atom is -0.493 e. The van der Waals surface area contributed by atoms with E-state index in [9.17, 15) is 4.79 Å². The first-order valence-electron chi connectivity index (χ1n) is 9.22. The molecule has 0 saturated heterocycles.